The van der Waals surface area contributed by atoms with E-state index in [1.807, 2.05) is 67.1 Å². The third kappa shape index (κ3) is 7.93. The van der Waals surface area contributed by atoms with Crippen LogP contribution in [0.15, 0.2) is 57.5 Å². The number of rotatable bonds is 7. The minimum atomic E-state index is -0.827. The molecule has 0 aliphatic carbocycles. The monoisotopic (exact) mass is 604 g/mol. The number of ether oxygens (including phenoxy) is 1. The molecule has 0 fully saturated rings. The van der Waals surface area contributed by atoms with Gasteiger partial charge in [0.15, 0.2) is 0 Å². The van der Waals surface area contributed by atoms with Gasteiger partial charge < -0.3 is 15.4 Å². The van der Waals surface area contributed by atoms with Crippen LogP contribution in [0.25, 0.3) is 5.69 Å². The molecule has 1 atom stereocenters. The number of alkyl carbamates (subject to hydrolysis) is 1. The highest BCUT2D eigenvalue weighted by Gasteiger charge is 2.25. The van der Waals surface area contributed by atoms with Crippen molar-refractivity contribution < 1.29 is 14.3 Å². The third-order valence-corrected chi connectivity index (χ3v) is 5.97. The summed E-state index contributed by atoms with van der Waals surface area (Å²) in [6.07, 6.45) is -0.350. The van der Waals surface area contributed by atoms with Crippen LogP contribution in [0.3, 0.4) is 0 Å². The van der Waals surface area contributed by atoms with Crippen LogP contribution in [0.4, 0.5) is 4.79 Å². The van der Waals surface area contributed by atoms with Crippen LogP contribution in [-0.2, 0) is 22.5 Å². The molecule has 2 aromatic carbocycles. The van der Waals surface area contributed by atoms with Crippen molar-refractivity contribution in [1.82, 2.24) is 20.4 Å². The molecule has 0 bridgehead atoms. The fraction of sp³-hybridized carbons (Fsp3) is 0.346. The maximum Gasteiger partial charge on any atom is 0.408 e. The number of nitrogens with one attached hydrogen (secondary N) is 2. The predicted octanol–water partition coefficient (Wildman–Crippen LogP) is 5.77. The number of hydrogen-bond donors (Lipinski definition) is 2. The van der Waals surface area contributed by atoms with Crippen molar-refractivity contribution in [3.05, 3.63) is 80.0 Å². The summed E-state index contributed by atoms with van der Waals surface area (Å²) in [5.74, 6) is -0.310. The second-order valence-corrected chi connectivity index (χ2v) is 11.2. The number of hydrogen-bond acceptors (Lipinski definition) is 4. The highest BCUT2D eigenvalue weighted by Crippen LogP contribution is 2.22. The van der Waals surface area contributed by atoms with E-state index in [2.05, 4.69) is 47.6 Å². The van der Waals surface area contributed by atoms with E-state index in [1.54, 1.807) is 20.8 Å². The molecule has 0 saturated carbocycles. The normalized spacial score (nSPS) is 12.2. The number of aryl methyl sites for hydroxylation is 2. The van der Waals surface area contributed by atoms with Crippen molar-refractivity contribution in [2.45, 2.75) is 59.2 Å². The number of para-hydroxylation sites is 1. The van der Waals surface area contributed by atoms with Crippen molar-refractivity contribution >= 4 is 43.9 Å². The Balaban J connectivity index is 1.80. The molecule has 1 heterocycles. The molecule has 2 N–H and O–H groups in total. The average Bonchev–Trinajstić information content (AvgIpc) is 3.07. The fourth-order valence-electron chi connectivity index (χ4n) is 3.67. The zero-order valence-corrected chi connectivity index (χ0v) is 23.7. The minimum absolute atomic E-state index is 0.280. The van der Waals surface area contributed by atoms with Gasteiger partial charge in [-0.25, -0.2) is 9.48 Å². The molecule has 7 nitrogen and oxygen atoms in total. The molecule has 1 aromatic heterocycles. The Morgan fingerprint density at radius 2 is 1.71 bits per heavy atom. The highest BCUT2D eigenvalue weighted by atomic mass is 79.9. The summed E-state index contributed by atoms with van der Waals surface area (Å²) >= 11 is 6.96. The Labute approximate surface area is 222 Å². The molecule has 186 valence electrons. The third-order valence-electron chi connectivity index (χ3n) is 5.05. The molecular formula is C26H30Br2N4O3. The molecular weight excluding hydrogens is 576 g/mol. The highest BCUT2D eigenvalue weighted by molar-refractivity contribution is 9.11. The van der Waals surface area contributed by atoms with E-state index in [1.165, 1.54) is 0 Å². The lowest BCUT2D eigenvalue weighted by Gasteiger charge is -2.23. The van der Waals surface area contributed by atoms with Crippen LogP contribution in [0, 0.1) is 13.8 Å². The van der Waals surface area contributed by atoms with Crippen LogP contribution in [0.2, 0.25) is 0 Å². The Morgan fingerprint density at radius 1 is 1.06 bits per heavy atom. The Kier molecular flexibility index (Phi) is 8.77. The van der Waals surface area contributed by atoms with E-state index in [0.29, 0.717) is 6.42 Å². The SMILES string of the molecule is Cc1cc(C)n(-c2ccccc2CNC(=O)C(Cc2cc(Br)cc(Br)c2)NC(=O)OC(C)(C)C)n1. The fourth-order valence-corrected chi connectivity index (χ4v) is 5.06. The average molecular weight is 606 g/mol. The first-order chi connectivity index (χ1) is 16.4. The summed E-state index contributed by atoms with van der Waals surface area (Å²) in [4.78, 5) is 25.8. The molecule has 1 unspecified atom stereocenters. The molecule has 2 amide bonds. The molecule has 0 aliphatic rings. The summed E-state index contributed by atoms with van der Waals surface area (Å²) in [6.45, 7) is 9.56. The lowest BCUT2D eigenvalue weighted by molar-refractivity contribution is -0.123. The van der Waals surface area contributed by atoms with E-state index in [0.717, 1.165) is 37.1 Å². The van der Waals surface area contributed by atoms with E-state index in [-0.39, 0.29) is 12.5 Å². The molecule has 0 spiro atoms. The number of halogens is 2. The first-order valence-corrected chi connectivity index (χ1v) is 12.8. The zero-order chi connectivity index (χ0) is 25.8. The van der Waals surface area contributed by atoms with Gasteiger partial charge in [-0.3, -0.25) is 4.79 Å². The van der Waals surface area contributed by atoms with Gasteiger partial charge in [0.1, 0.15) is 11.6 Å². The maximum atomic E-state index is 13.3. The Morgan fingerprint density at radius 3 is 2.31 bits per heavy atom. The molecule has 3 aromatic rings. The van der Waals surface area contributed by atoms with Crippen LogP contribution in [0.5, 0.6) is 0 Å². The van der Waals surface area contributed by atoms with Crippen LogP contribution >= 0.6 is 31.9 Å². The zero-order valence-electron chi connectivity index (χ0n) is 20.5. The Bertz CT molecular complexity index is 1200. The summed E-state index contributed by atoms with van der Waals surface area (Å²) in [5.41, 5.74) is 3.93. The van der Waals surface area contributed by atoms with E-state index >= 15 is 0 Å². The predicted molar refractivity (Wildman–Crippen MR) is 144 cm³/mol. The molecule has 35 heavy (non-hydrogen) atoms. The summed E-state index contributed by atoms with van der Waals surface area (Å²) < 4.78 is 9.01. The second kappa shape index (κ2) is 11.4. The standard InChI is InChI=1S/C26H30Br2N4O3/c1-16-10-17(2)32(31-16)23-9-7-6-8-19(23)15-29-24(33)22(30-25(34)35-26(3,4)5)13-18-11-20(27)14-21(28)12-18/h6-12,14,22H,13,15H2,1-5H3,(H,29,33)(H,30,34). The number of amides is 2. The van der Waals surface area contributed by atoms with E-state index < -0.39 is 17.7 Å². The molecule has 9 heteroatoms. The molecule has 0 saturated heterocycles. The van der Waals surface area contributed by atoms with Crippen molar-refractivity contribution in [3.8, 4) is 5.69 Å². The van der Waals surface area contributed by atoms with Gasteiger partial charge in [0, 0.05) is 27.6 Å². The number of benzene rings is 2. The summed E-state index contributed by atoms with van der Waals surface area (Å²) in [7, 11) is 0. The lowest BCUT2D eigenvalue weighted by Crippen LogP contribution is -2.49. The van der Waals surface area contributed by atoms with Gasteiger partial charge in [-0.2, -0.15) is 5.10 Å². The number of aromatic nitrogens is 2. The van der Waals surface area contributed by atoms with Crippen LogP contribution in [-0.4, -0.2) is 33.4 Å². The van der Waals surface area contributed by atoms with E-state index in [9.17, 15) is 9.59 Å². The first-order valence-electron chi connectivity index (χ1n) is 11.2. The largest absolute Gasteiger partial charge is 0.444 e. The first kappa shape index (κ1) is 26.9. The van der Waals surface area contributed by atoms with Crippen LogP contribution in [0.1, 0.15) is 43.3 Å². The molecule has 0 aliphatic heterocycles. The van der Waals surface area contributed by atoms with E-state index in [4.69, 9.17) is 4.74 Å². The topological polar surface area (TPSA) is 85.2 Å². The second-order valence-electron chi connectivity index (χ2n) is 9.37. The number of carbonyl (C=O) groups excluding carboxylic acids is 2. The van der Waals surface area contributed by atoms with Crippen LogP contribution < -0.4 is 10.6 Å². The van der Waals surface area contributed by atoms with Gasteiger partial charge in [0.25, 0.3) is 0 Å². The smallest absolute Gasteiger partial charge is 0.408 e. The molecule has 0 radical (unpaired) electrons. The minimum Gasteiger partial charge on any atom is -0.444 e. The van der Waals surface area contributed by atoms with Gasteiger partial charge in [-0.1, -0.05) is 50.1 Å². The van der Waals surface area contributed by atoms with Gasteiger partial charge in [-0.05, 0) is 76.1 Å². The maximum absolute atomic E-state index is 13.3. The summed E-state index contributed by atoms with van der Waals surface area (Å²) in [5, 5.41) is 10.3. The van der Waals surface area contributed by atoms with Crippen molar-refractivity contribution in [2.75, 3.05) is 0 Å². The lowest BCUT2D eigenvalue weighted by atomic mass is 10.1. The number of carbonyl (C=O) groups is 2. The van der Waals surface area contributed by atoms with Crippen molar-refractivity contribution in [1.29, 1.82) is 0 Å². The van der Waals surface area contributed by atoms with Gasteiger partial charge in [0.05, 0.1) is 11.4 Å². The number of nitrogens with zero attached hydrogens (tertiary/aromatic N) is 2. The van der Waals surface area contributed by atoms with Crippen molar-refractivity contribution in [3.63, 3.8) is 0 Å². The van der Waals surface area contributed by atoms with Gasteiger partial charge >= 0.3 is 6.09 Å². The molecule has 3 rings (SSSR count). The Hall–Kier alpha value is -2.65. The van der Waals surface area contributed by atoms with Gasteiger partial charge in [0.2, 0.25) is 5.91 Å². The van der Waals surface area contributed by atoms with Gasteiger partial charge in [-0.15, -0.1) is 0 Å². The summed E-state index contributed by atoms with van der Waals surface area (Å²) in [6, 6.07) is 14.7. The quantitative estimate of drug-likeness (QED) is 0.358. The van der Waals surface area contributed by atoms with Crippen molar-refractivity contribution in [2.24, 2.45) is 0 Å².